The second-order valence-electron chi connectivity index (χ2n) is 6.87. The fraction of sp³-hybridized carbons (Fsp3) is 0.381. The average molecular weight is 337 g/mol. The third kappa shape index (κ3) is 5.33. The molecule has 4 N–H and O–H groups in total. The van der Waals surface area contributed by atoms with Crippen molar-refractivity contribution in [1.29, 1.82) is 0 Å². The van der Waals surface area contributed by atoms with Crippen LogP contribution in [0.5, 0.6) is 0 Å². The van der Waals surface area contributed by atoms with Crippen molar-refractivity contribution in [2.24, 2.45) is 5.73 Å². The molecule has 0 spiro atoms. The second-order valence-corrected chi connectivity index (χ2v) is 6.87. The van der Waals surface area contributed by atoms with E-state index in [9.17, 15) is 4.79 Å². The molecule has 3 rings (SSSR count). The highest BCUT2D eigenvalue weighted by atomic mass is 16.2. The van der Waals surface area contributed by atoms with Crippen LogP contribution in [0.25, 0.3) is 0 Å². The number of nitrogens with one attached hydrogen (secondary N) is 2. The first kappa shape index (κ1) is 17.5. The van der Waals surface area contributed by atoms with E-state index in [0.717, 1.165) is 18.5 Å². The Balaban J connectivity index is 1.39. The van der Waals surface area contributed by atoms with Crippen LogP contribution in [-0.4, -0.2) is 18.6 Å². The first-order valence-electron chi connectivity index (χ1n) is 9.15. The van der Waals surface area contributed by atoms with E-state index in [-0.39, 0.29) is 12.1 Å². The predicted molar refractivity (Wildman–Crippen MR) is 103 cm³/mol. The standard InChI is InChI=1S/C21H27N3O/c22-19(14-16-6-2-1-3-7-16)12-13-23-21(25)24-20-11-5-10-18(15-20)17-8-4-9-17/h1-3,5-7,10-11,15,17,19H,4,8-9,12-14,22H2,(H2,23,24,25). The van der Waals surface area contributed by atoms with E-state index in [0.29, 0.717) is 12.5 Å². The van der Waals surface area contributed by atoms with Gasteiger partial charge in [-0.15, -0.1) is 0 Å². The molecule has 1 aliphatic rings. The van der Waals surface area contributed by atoms with Crippen molar-refractivity contribution in [1.82, 2.24) is 5.32 Å². The molecule has 4 nitrogen and oxygen atoms in total. The number of benzene rings is 2. The zero-order valence-corrected chi connectivity index (χ0v) is 14.6. The first-order valence-corrected chi connectivity index (χ1v) is 9.15. The second kappa shape index (κ2) is 8.67. The van der Waals surface area contributed by atoms with Crippen molar-refractivity contribution in [3.63, 3.8) is 0 Å². The highest BCUT2D eigenvalue weighted by Crippen LogP contribution is 2.36. The maximum atomic E-state index is 12.1. The molecule has 0 bridgehead atoms. The average Bonchev–Trinajstić information content (AvgIpc) is 2.54. The minimum Gasteiger partial charge on any atom is -0.338 e. The minimum absolute atomic E-state index is 0.0460. The van der Waals surface area contributed by atoms with Crippen LogP contribution in [0.2, 0.25) is 0 Å². The van der Waals surface area contributed by atoms with Crippen LogP contribution >= 0.6 is 0 Å². The Hall–Kier alpha value is -2.33. The van der Waals surface area contributed by atoms with Gasteiger partial charge in [0, 0.05) is 18.3 Å². The van der Waals surface area contributed by atoms with Gasteiger partial charge in [0.25, 0.3) is 0 Å². The molecule has 1 saturated carbocycles. The molecule has 2 aromatic carbocycles. The third-order valence-corrected chi connectivity index (χ3v) is 4.86. The van der Waals surface area contributed by atoms with E-state index in [1.54, 1.807) is 0 Å². The van der Waals surface area contributed by atoms with Gasteiger partial charge in [-0.1, -0.05) is 48.9 Å². The fourth-order valence-corrected chi connectivity index (χ4v) is 3.18. The Morgan fingerprint density at radius 1 is 1.12 bits per heavy atom. The summed E-state index contributed by atoms with van der Waals surface area (Å²) in [7, 11) is 0. The van der Waals surface area contributed by atoms with Gasteiger partial charge in [-0.25, -0.2) is 4.79 Å². The maximum Gasteiger partial charge on any atom is 0.319 e. The van der Waals surface area contributed by atoms with Crippen molar-refractivity contribution < 1.29 is 4.79 Å². The number of carbonyl (C=O) groups is 1. The lowest BCUT2D eigenvalue weighted by molar-refractivity contribution is 0.251. The molecule has 0 aromatic heterocycles. The van der Waals surface area contributed by atoms with E-state index in [1.165, 1.54) is 30.4 Å². The van der Waals surface area contributed by atoms with Crippen LogP contribution in [-0.2, 0) is 6.42 Å². The third-order valence-electron chi connectivity index (χ3n) is 4.86. The van der Waals surface area contributed by atoms with Gasteiger partial charge in [-0.3, -0.25) is 0 Å². The molecule has 0 heterocycles. The molecular weight excluding hydrogens is 310 g/mol. The molecule has 1 fully saturated rings. The van der Waals surface area contributed by atoms with Crippen LogP contribution in [0.1, 0.15) is 42.7 Å². The van der Waals surface area contributed by atoms with Gasteiger partial charge >= 0.3 is 6.03 Å². The van der Waals surface area contributed by atoms with E-state index in [4.69, 9.17) is 5.73 Å². The highest BCUT2D eigenvalue weighted by Gasteiger charge is 2.19. The van der Waals surface area contributed by atoms with E-state index in [2.05, 4.69) is 34.9 Å². The Morgan fingerprint density at radius 2 is 1.92 bits per heavy atom. The van der Waals surface area contributed by atoms with Crippen LogP contribution in [0.3, 0.4) is 0 Å². The van der Waals surface area contributed by atoms with Crippen molar-refractivity contribution in [3.8, 4) is 0 Å². The van der Waals surface area contributed by atoms with Crippen LogP contribution in [0.4, 0.5) is 10.5 Å². The van der Waals surface area contributed by atoms with Crippen molar-refractivity contribution >= 4 is 11.7 Å². The molecule has 2 amide bonds. The number of nitrogens with two attached hydrogens (primary N) is 1. The fourth-order valence-electron chi connectivity index (χ4n) is 3.18. The van der Waals surface area contributed by atoms with Gasteiger partial charge in [0.05, 0.1) is 0 Å². The summed E-state index contributed by atoms with van der Waals surface area (Å²) >= 11 is 0. The van der Waals surface area contributed by atoms with Gasteiger partial charge in [0.2, 0.25) is 0 Å². The van der Waals surface area contributed by atoms with Crippen LogP contribution in [0, 0.1) is 0 Å². The zero-order valence-electron chi connectivity index (χ0n) is 14.6. The quantitative estimate of drug-likeness (QED) is 0.714. The van der Waals surface area contributed by atoms with Crippen LogP contribution in [0.15, 0.2) is 54.6 Å². The zero-order chi connectivity index (χ0) is 17.5. The summed E-state index contributed by atoms with van der Waals surface area (Å²) in [6.45, 7) is 0.572. The number of amides is 2. The molecule has 2 aromatic rings. The van der Waals surface area contributed by atoms with Crippen molar-refractivity contribution in [2.75, 3.05) is 11.9 Å². The number of hydrogen-bond donors (Lipinski definition) is 3. The van der Waals surface area contributed by atoms with Gasteiger partial charge in [0.1, 0.15) is 0 Å². The van der Waals surface area contributed by atoms with Crippen LogP contribution < -0.4 is 16.4 Å². The molecule has 0 aliphatic heterocycles. The summed E-state index contributed by atoms with van der Waals surface area (Å²) in [5.41, 5.74) is 9.56. The molecular formula is C21H27N3O. The lowest BCUT2D eigenvalue weighted by Crippen LogP contribution is -2.34. The van der Waals surface area contributed by atoms with Crippen molar-refractivity contribution in [3.05, 3.63) is 65.7 Å². The summed E-state index contributed by atoms with van der Waals surface area (Å²) in [6.07, 6.45) is 5.41. The highest BCUT2D eigenvalue weighted by molar-refractivity contribution is 5.89. The summed E-state index contributed by atoms with van der Waals surface area (Å²) in [4.78, 5) is 12.1. The lowest BCUT2D eigenvalue weighted by Gasteiger charge is -2.26. The number of carbonyl (C=O) groups excluding carboxylic acids is 1. The molecule has 0 saturated heterocycles. The first-order chi connectivity index (χ1) is 12.2. The van der Waals surface area contributed by atoms with E-state index < -0.39 is 0 Å². The molecule has 4 heteroatoms. The van der Waals surface area contributed by atoms with Gasteiger partial charge in [0.15, 0.2) is 0 Å². The molecule has 0 radical (unpaired) electrons. The Bertz CT molecular complexity index is 683. The summed E-state index contributed by atoms with van der Waals surface area (Å²) < 4.78 is 0. The smallest absolute Gasteiger partial charge is 0.319 e. The summed E-state index contributed by atoms with van der Waals surface area (Å²) in [5, 5.41) is 5.81. The molecule has 1 atom stereocenters. The molecule has 25 heavy (non-hydrogen) atoms. The van der Waals surface area contributed by atoms with Gasteiger partial charge in [-0.05, 0) is 54.9 Å². The van der Waals surface area contributed by atoms with Gasteiger partial charge < -0.3 is 16.4 Å². The summed E-state index contributed by atoms with van der Waals surface area (Å²) in [5.74, 6) is 0.667. The number of rotatable bonds is 7. The minimum atomic E-state index is -0.169. The SMILES string of the molecule is NC(CCNC(=O)Nc1cccc(C2CCC2)c1)Cc1ccccc1. The number of anilines is 1. The summed E-state index contributed by atoms with van der Waals surface area (Å²) in [6, 6.07) is 18.3. The maximum absolute atomic E-state index is 12.1. The monoisotopic (exact) mass is 337 g/mol. The normalized spacial score (nSPS) is 15.2. The predicted octanol–water partition coefficient (Wildman–Crippen LogP) is 4.04. The topological polar surface area (TPSA) is 67.1 Å². The Labute approximate surface area is 149 Å². The number of hydrogen-bond acceptors (Lipinski definition) is 2. The Morgan fingerprint density at radius 3 is 2.64 bits per heavy atom. The van der Waals surface area contributed by atoms with E-state index in [1.807, 2.05) is 30.3 Å². The van der Waals surface area contributed by atoms with Crippen molar-refractivity contribution in [2.45, 2.75) is 44.1 Å². The largest absolute Gasteiger partial charge is 0.338 e. The molecule has 1 aliphatic carbocycles. The van der Waals surface area contributed by atoms with Gasteiger partial charge in [-0.2, -0.15) is 0 Å². The lowest BCUT2D eigenvalue weighted by atomic mass is 9.80. The van der Waals surface area contributed by atoms with E-state index >= 15 is 0 Å². The Kier molecular flexibility index (Phi) is 6.07. The molecule has 1 unspecified atom stereocenters. The number of urea groups is 1. The molecule has 132 valence electrons.